The average molecular weight is 270 g/mol. The standard InChI is InChI=1S/C15H14N2O3/c1-20-15(19)11-8-5-9-12(13(11)16)17-14(18)10-6-3-2-4-7-10/h2-9H,16H2,1H3,(H,17,18). The molecule has 102 valence electrons. The van der Waals surface area contributed by atoms with Crippen LogP contribution in [0.15, 0.2) is 48.5 Å². The van der Waals surface area contributed by atoms with Crippen molar-refractivity contribution in [2.45, 2.75) is 0 Å². The molecule has 0 atom stereocenters. The van der Waals surface area contributed by atoms with E-state index >= 15 is 0 Å². The lowest BCUT2D eigenvalue weighted by Crippen LogP contribution is -2.15. The normalized spacial score (nSPS) is 9.85. The molecule has 3 N–H and O–H groups in total. The van der Waals surface area contributed by atoms with Crippen molar-refractivity contribution in [2.24, 2.45) is 0 Å². The highest BCUT2D eigenvalue weighted by Gasteiger charge is 2.14. The van der Waals surface area contributed by atoms with Gasteiger partial charge in [0, 0.05) is 5.56 Å². The molecular weight excluding hydrogens is 256 g/mol. The predicted octanol–water partition coefficient (Wildman–Crippen LogP) is 2.31. The van der Waals surface area contributed by atoms with E-state index in [9.17, 15) is 9.59 Å². The van der Waals surface area contributed by atoms with E-state index in [1.54, 1.807) is 42.5 Å². The molecule has 0 fully saturated rings. The third-order valence-corrected chi connectivity index (χ3v) is 2.80. The number of ether oxygens (including phenoxy) is 1. The molecule has 20 heavy (non-hydrogen) atoms. The van der Waals surface area contributed by atoms with Crippen LogP contribution in [-0.2, 0) is 4.74 Å². The van der Waals surface area contributed by atoms with E-state index < -0.39 is 5.97 Å². The fourth-order valence-corrected chi connectivity index (χ4v) is 1.75. The number of amides is 1. The van der Waals surface area contributed by atoms with Crippen molar-refractivity contribution in [1.82, 2.24) is 0 Å². The number of nitrogen functional groups attached to an aromatic ring is 1. The van der Waals surface area contributed by atoms with Crippen molar-refractivity contribution >= 4 is 23.3 Å². The minimum Gasteiger partial charge on any atom is -0.465 e. The van der Waals surface area contributed by atoms with Crippen LogP contribution in [0.5, 0.6) is 0 Å². The molecule has 2 aromatic carbocycles. The van der Waals surface area contributed by atoms with E-state index in [1.165, 1.54) is 7.11 Å². The van der Waals surface area contributed by atoms with Crippen molar-refractivity contribution in [3.05, 3.63) is 59.7 Å². The number of esters is 1. The summed E-state index contributed by atoms with van der Waals surface area (Å²) >= 11 is 0. The third kappa shape index (κ3) is 2.77. The minimum absolute atomic E-state index is 0.184. The first-order chi connectivity index (χ1) is 9.63. The van der Waals surface area contributed by atoms with Crippen LogP contribution in [0, 0.1) is 0 Å². The maximum Gasteiger partial charge on any atom is 0.340 e. The van der Waals surface area contributed by atoms with Crippen molar-refractivity contribution in [3.63, 3.8) is 0 Å². The number of para-hydroxylation sites is 1. The summed E-state index contributed by atoms with van der Waals surface area (Å²) in [5.41, 5.74) is 7.16. The van der Waals surface area contributed by atoms with E-state index in [0.717, 1.165) is 0 Å². The average Bonchev–Trinajstić information content (AvgIpc) is 2.49. The third-order valence-electron chi connectivity index (χ3n) is 2.80. The summed E-state index contributed by atoms with van der Waals surface area (Å²) in [4.78, 5) is 23.6. The van der Waals surface area contributed by atoms with Crippen LogP contribution in [0.25, 0.3) is 0 Å². The summed E-state index contributed by atoms with van der Waals surface area (Å²) in [5.74, 6) is -0.836. The molecule has 0 saturated heterocycles. The van der Waals surface area contributed by atoms with Gasteiger partial charge < -0.3 is 15.8 Å². The number of benzene rings is 2. The van der Waals surface area contributed by atoms with Crippen LogP contribution in [0.1, 0.15) is 20.7 Å². The lowest BCUT2D eigenvalue weighted by atomic mass is 10.1. The van der Waals surface area contributed by atoms with E-state index in [2.05, 4.69) is 10.1 Å². The Morgan fingerprint density at radius 1 is 1.05 bits per heavy atom. The number of rotatable bonds is 3. The first kappa shape index (κ1) is 13.6. The number of methoxy groups -OCH3 is 1. The summed E-state index contributed by atoms with van der Waals surface area (Å²) < 4.78 is 4.63. The number of carbonyl (C=O) groups is 2. The first-order valence-corrected chi connectivity index (χ1v) is 5.96. The Morgan fingerprint density at radius 2 is 1.75 bits per heavy atom. The molecule has 0 heterocycles. The molecule has 5 heteroatoms. The molecule has 0 radical (unpaired) electrons. The van der Waals surface area contributed by atoms with Gasteiger partial charge in [0.15, 0.2) is 0 Å². The van der Waals surface area contributed by atoms with Crippen LogP contribution in [0.2, 0.25) is 0 Å². The maximum absolute atomic E-state index is 12.0. The van der Waals surface area contributed by atoms with Gasteiger partial charge in [-0.1, -0.05) is 24.3 Å². The van der Waals surface area contributed by atoms with Gasteiger partial charge in [-0.2, -0.15) is 0 Å². The number of anilines is 2. The van der Waals surface area contributed by atoms with Gasteiger partial charge >= 0.3 is 5.97 Å². The monoisotopic (exact) mass is 270 g/mol. The molecule has 0 aliphatic carbocycles. The molecule has 0 aliphatic rings. The molecule has 5 nitrogen and oxygen atoms in total. The number of nitrogens with one attached hydrogen (secondary N) is 1. The Labute approximate surface area is 116 Å². The zero-order valence-corrected chi connectivity index (χ0v) is 10.9. The fourth-order valence-electron chi connectivity index (χ4n) is 1.75. The highest BCUT2D eigenvalue weighted by molar-refractivity contribution is 6.08. The van der Waals surface area contributed by atoms with Crippen LogP contribution < -0.4 is 11.1 Å². The van der Waals surface area contributed by atoms with E-state index in [4.69, 9.17) is 5.73 Å². The molecule has 0 saturated carbocycles. The smallest absolute Gasteiger partial charge is 0.340 e. The van der Waals surface area contributed by atoms with Crippen LogP contribution in [0.3, 0.4) is 0 Å². The van der Waals surface area contributed by atoms with Gasteiger partial charge in [-0.05, 0) is 24.3 Å². The fraction of sp³-hybridized carbons (Fsp3) is 0.0667. The summed E-state index contributed by atoms with van der Waals surface area (Å²) in [6.07, 6.45) is 0. The van der Waals surface area contributed by atoms with Gasteiger partial charge in [0.05, 0.1) is 24.0 Å². The summed E-state index contributed by atoms with van der Waals surface area (Å²) in [5, 5.41) is 2.67. The van der Waals surface area contributed by atoms with Gasteiger partial charge in [0.2, 0.25) is 0 Å². The molecular formula is C15H14N2O3. The Bertz CT molecular complexity index is 639. The van der Waals surface area contributed by atoms with Crippen molar-refractivity contribution in [1.29, 1.82) is 0 Å². The lowest BCUT2D eigenvalue weighted by molar-refractivity contribution is 0.0601. The highest BCUT2D eigenvalue weighted by atomic mass is 16.5. The largest absolute Gasteiger partial charge is 0.465 e. The lowest BCUT2D eigenvalue weighted by Gasteiger charge is -2.11. The van der Waals surface area contributed by atoms with Crippen molar-refractivity contribution in [3.8, 4) is 0 Å². The topological polar surface area (TPSA) is 81.4 Å². The van der Waals surface area contributed by atoms with Crippen molar-refractivity contribution in [2.75, 3.05) is 18.2 Å². The molecule has 2 rings (SSSR count). The van der Waals surface area contributed by atoms with E-state index in [0.29, 0.717) is 11.3 Å². The van der Waals surface area contributed by atoms with E-state index in [1.807, 2.05) is 6.07 Å². The second kappa shape index (κ2) is 5.88. The second-order valence-corrected chi connectivity index (χ2v) is 4.08. The number of carbonyl (C=O) groups excluding carboxylic acids is 2. The number of hydrogen-bond donors (Lipinski definition) is 2. The molecule has 0 aromatic heterocycles. The van der Waals surface area contributed by atoms with Crippen LogP contribution >= 0.6 is 0 Å². The molecule has 0 spiro atoms. The zero-order chi connectivity index (χ0) is 14.5. The van der Waals surface area contributed by atoms with Gasteiger partial charge in [0.25, 0.3) is 5.91 Å². The Morgan fingerprint density at radius 3 is 2.40 bits per heavy atom. The SMILES string of the molecule is COC(=O)c1cccc(NC(=O)c2ccccc2)c1N. The number of hydrogen-bond acceptors (Lipinski definition) is 4. The molecule has 0 bridgehead atoms. The maximum atomic E-state index is 12.0. The van der Waals surface area contributed by atoms with Crippen molar-refractivity contribution < 1.29 is 14.3 Å². The van der Waals surface area contributed by atoms with E-state index in [-0.39, 0.29) is 17.2 Å². The summed E-state index contributed by atoms with van der Waals surface area (Å²) in [6.45, 7) is 0. The molecule has 0 unspecified atom stereocenters. The van der Waals surface area contributed by atoms with Gasteiger partial charge in [0.1, 0.15) is 0 Å². The molecule has 1 amide bonds. The summed E-state index contributed by atoms with van der Waals surface area (Å²) in [6, 6.07) is 13.5. The predicted molar refractivity (Wildman–Crippen MR) is 76.6 cm³/mol. The second-order valence-electron chi connectivity index (χ2n) is 4.08. The van der Waals surface area contributed by atoms with Crippen LogP contribution in [-0.4, -0.2) is 19.0 Å². The Balaban J connectivity index is 2.26. The Hall–Kier alpha value is -2.82. The summed E-state index contributed by atoms with van der Waals surface area (Å²) in [7, 11) is 1.27. The van der Waals surface area contributed by atoms with Gasteiger partial charge in [-0.3, -0.25) is 4.79 Å². The number of nitrogens with two attached hydrogens (primary N) is 1. The zero-order valence-electron chi connectivity index (χ0n) is 10.9. The molecule has 2 aromatic rings. The van der Waals surface area contributed by atoms with Gasteiger partial charge in [-0.25, -0.2) is 4.79 Å². The highest BCUT2D eigenvalue weighted by Crippen LogP contribution is 2.23. The molecule has 0 aliphatic heterocycles. The first-order valence-electron chi connectivity index (χ1n) is 5.96. The van der Waals surface area contributed by atoms with Gasteiger partial charge in [-0.15, -0.1) is 0 Å². The quantitative estimate of drug-likeness (QED) is 0.662. The Kier molecular flexibility index (Phi) is 4.00. The van der Waals surface area contributed by atoms with Crippen LogP contribution in [0.4, 0.5) is 11.4 Å². The minimum atomic E-state index is -0.543.